The number of ether oxygens (including phenoxy) is 2. The van der Waals surface area contributed by atoms with E-state index in [2.05, 4.69) is 12.1 Å². The third kappa shape index (κ3) is 4.19. The number of imide groups is 1. The van der Waals surface area contributed by atoms with E-state index in [0.29, 0.717) is 12.1 Å². The van der Waals surface area contributed by atoms with Crippen molar-refractivity contribution in [2.24, 2.45) is 0 Å². The summed E-state index contributed by atoms with van der Waals surface area (Å²) in [5.74, 6) is 0. The molecule has 1 aliphatic carbocycles. The summed E-state index contributed by atoms with van der Waals surface area (Å²) in [5.41, 5.74) is 4.85. The second-order valence-corrected chi connectivity index (χ2v) is 6.91. The number of anilines is 1. The number of hydrogen-bond donors (Lipinski definition) is 0. The molecule has 1 aliphatic rings. The molecule has 0 fully saturated rings. The van der Waals surface area contributed by atoms with E-state index >= 15 is 0 Å². The molecule has 0 aromatic heterocycles. The van der Waals surface area contributed by atoms with Crippen LogP contribution in [0, 0.1) is 0 Å². The zero-order chi connectivity index (χ0) is 19.9. The molecule has 0 spiro atoms. The van der Waals surface area contributed by atoms with Crippen molar-refractivity contribution < 1.29 is 19.1 Å². The molecule has 0 saturated carbocycles. The monoisotopic (exact) mass is 381 g/mol. The van der Waals surface area contributed by atoms with E-state index in [1.54, 1.807) is 6.07 Å². The van der Waals surface area contributed by atoms with Crippen LogP contribution in [0.15, 0.2) is 42.5 Å². The topological polar surface area (TPSA) is 55.8 Å². The number of benzene rings is 2. The van der Waals surface area contributed by atoms with Crippen molar-refractivity contribution in [3.63, 3.8) is 0 Å². The van der Waals surface area contributed by atoms with Gasteiger partial charge in [-0.1, -0.05) is 63.1 Å². The first-order chi connectivity index (χ1) is 13.7. The fourth-order valence-corrected chi connectivity index (χ4v) is 3.36. The Balaban J connectivity index is 1.92. The summed E-state index contributed by atoms with van der Waals surface area (Å²) in [7, 11) is 0. The lowest BCUT2D eigenvalue weighted by Gasteiger charge is -2.22. The average Bonchev–Trinajstić information content (AvgIpc) is 3.08. The fraction of sp³-hybridized carbons (Fsp3) is 0.391. The van der Waals surface area contributed by atoms with Gasteiger partial charge in [-0.2, -0.15) is 4.90 Å². The lowest BCUT2D eigenvalue weighted by atomic mass is 10.0. The van der Waals surface area contributed by atoms with Gasteiger partial charge in [-0.05, 0) is 41.2 Å². The average molecular weight is 381 g/mol. The summed E-state index contributed by atoms with van der Waals surface area (Å²) in [6, 6.07) is 13.8. The Kier molecular flexibility index (Phi) is 6.69. The van der Waals surface area contributed by atoms with Gasteiger partial charge in [0.1, 0.15) is 0 Å². The van der Waals surface area contributed by atoms with Gasteiger partial charge in [-0.3, -0.25) is 0 Å². The first kappa shape index (κ1) is 19.9. The van der Waals surface area contributed by atoms with Gasteiger partial charge in [0.15, 0.2) is 0 Å². The molecule has 2 amide bonds. The maximum absolute atomic E-state index is 12.8. The molecule has 3 rings (SSSR count). The summed E-state index contributed by atoms with van der Waals surface area (Å²) in [6.45, 7) is 4.60. The van der Waals surface area contributed by atoms with Crippen LogP contribution in [-0.2, 0) is 15.9 Å². The van der Waals surface area contributed by atoms with Gasteiger partial charge in [-0.15, -0.1) is 0 Å². The van der Waals surface area contributed by atoms with Crippen molar-refractivity contribution in [1.29, 1.82) is 0 Å². The molecule has 5 nitrogen and oxygen atoms in total. The van der Waals surface area contributed by atoms with Crippen molar-refractivity contribution in [1.82, 2.24) is 0 Å². The van der Waals surface area contributed by atoms with Crippen LogP contribution >= 0.6 is 0 Å². The molecule has 0 radical (unpaired) electrons. The number of carbonyl (C=O) groups excluding carboxylic acids is 2. The lowest BCUT2D eigenvalue weighted by Crippen LogP contribution is -2.39. The zero-order valence-corrected chi connectivity index (χ0v) is 16.6. The van der Waals surface area contributed by atoms with Crippen LogP contribution in [0.1, 0.15) is 50.7 Å². The van der Waals surface area contributed by atoms with Crippen LogP contribution in [0.3, 0.4) is 0 Å². The minimum atomic E-state index is -0.681. The minimum Gasteiger partial charge on any atom is -0.449 e. The van der Waals surface area contributed by atoms with Crippen molar-refractivity contribution in [2.45, 2.75) is 46.0 Å². The number of carbonyl (C=O) groups is 2. The van der Waals surface area contributed by atoms with E-state index in [1.807, 2.05) is 38.1 Å². The number of hydrogen-bond acceptors (Lipinski definition) is 4. The second kappa shape index (κ2) is 9.40. The van der Waals surface area contributed by atoms with Crippen LogP contribution in [-0.4, -0.2) is 25.4 Å². The molecule has 0 heterocycles. The summed E-state index contributed by atoms with van der Waals surface area (Å²) in [4.78, 5) is 26.6. The number of fused-ring (bicyclic) bond motifs is 3. The van der Waals surface area contributed by atoms with Crippen molar-refractivity contribution in [3.05, 3.63) is 53.6 Å². The van der Waals surface area contributed by atoms with E-state index in [0.717, 1.165) is 47.3 Å². The van der Waals surface area contributed by atoms with Crippen LogP contribution < -0.4 is 4.90 Å². The Morgan fingerprint density at radius 2 is 1.46 bits per heavy atom. The van der Waals surface area contributed by atoms with Gasteiger partial charge in [0.05, 0.1) is 18.9 Å². The highest BCUT2D eigenvalue weighted by Gasteiger charge is 2.31. The fourth-order valence-electron chi connectivity index (χ4n) is 3.36. The molecule has 28 heavy (non-hydrogen) atoms. The standard InChI is InChI=1S/C23H27NO4/c1-3-5-14-27-22(25)24(23(26)28-15-6-4-2)21-13-9-12-19-18-11-8-7-10-17(18)16-20(19)21/h7-13H,3-6,14-16H2,1-2H3. The van der Waals surface area contributed by atoms with Gasteiger partial charge in [0.25, 0.3) is 0 Å². The Bertz CT molecular complexity index is 824. The third-order valence-corrected chi connectivity index (χ3v) is 4.88. The van der Waals surface area contributed by atoms with Crippen molar-refractivity contribution >= 4 is 17.9 Å². The Labute approximate surface area is 166 Å². The molecule has 0 unspecified atom stereocenters. The normalized spacial score (nSPS) is 11.5. The molecule has 2 aromatic carbocycles. The first-order valence-corrected chi connectivity index (χ1v) is 10.0. The predicted octanol–water partition coefficient (Wildman–Crippen LogP) is 5.94. The number of rotatable bonds is 7. The molecular formula is C23H27NO4. The predicted molar refractivity (Wildman–Crippen MR) is 110 cm³/mol. The Morgan fingerprint density at radius 3 is 2.11 bits per heavy atom. The van der Waals surface area contributed by atoms with E-state index in [-0.39, 0.29) is 13.2 Å². The minimum absolute atomic E-state index is 0.281. The molecule has 0 saturated heterocycles. The quantitative estimate of drug-likeness (QED) is 0.475. The van der Waals surface area contributed by atoms with Crippen molar-refractivity contribution in [3.8, 4) is 11.1 Å². The first-order valence-electron chi connectivity index (χ1n) is 10.0. The second-order valence-electron chi connectivity index (χ2n) is 6.91. The number of amides is 2. The molecule has 5 heteroatoms. The molecule has 0 N–H and O–H groups in total. The van der Waals surface area contributed by atoms with Gasteiger partial charge in [-0.25, -0.2) is 9.59 Å². The lowest BCUT2D eigenvalue weighted by molar-refractivity contribution is 0.133. The molecule has 148 valence electrons. The third-order valence-electron chi connectivity index (χ3n) is 4.88. The van der Waals surface area contributed by atoms with Gasteiger partial charge in [0.2, 0.25) is 0 Å². The van der Waals surface area contributed by atoms with E-state index in [1.165, 1.54) is 5.56 Å². The maximum atomic E-state index is 12.8. The van der Waals surface area contributed by atoms with E-state index < -0.39 is 12.2 Å². The van der Waals surface area contributed by atoms with Crippen LogP contribution in [0.25, 0.3) is 11.1 Å². The maximum Gasteiger partial charge on any atom is 0.424 e. The smallest absolute Gasteiger partial charge is 0.424 e. The Hall–Kier alpha value is -2.82. The summed E-state index contributed by atoms with van der Waals surface area (Å²) in [6.07, 6.45) is 2.63. The molecule has 0 atom stereocenters. The van der Waals surface area contributed by atoms with Crippen LogP contribution in [0.5, 0.6) is 0 Å². The highest BCUT2D eigenvalue weighted by molar-refractivity contribution is 6.10. The highest BCUT2D eigenvalue weighted by atomic mass is 16.6. The summed E-state index contributed by atoms with van der Waals surface area (Å²) < 4.78 is 10.7. The van der Waals surface area contributed by atoms with Crippen LogP contribution in [0.2, 0.25) is 0 Å². The highest BCUT2D eigenvalue weighted by Crippen LogP contribution is 2.41. The Morgan fingerprint density at radius 1 is 0.857 bits per heavy atom. The van der Waals surface area contributed by atoms with Gasteiger partial charge in [0, 0.05) is 6.42 Å². The molecule has 2 aromatic rings. The summed E-state index contributed by atoms with van der Waals surface area (Å²) in [5, 5.41) is 0. The van der Waals surface area contributed by atoms with Gasteiger partial charge >= 0.3 is 12.2 Å². The summed E-state index contributed by atoms with van der Waals surface area (Å²) >= 11 is 0. The van der Waals surface area contributed by atoms with Crippen LogP contribution in [0.4, 0.5) is 15.3 Å². The molecular weight excluding hydrogens is 354 g/mol. The van der Waals surface area contributed by atoms with E-state index in [9.17, 15) is 9.59 Å². The SMILES string of the molecule is CCCCOC(=O)N(C(=O)OCCCC)c1cccc2c1Cc1ccccc1-2. The van der Waals surface area contributed by atoms with E-state index in [4.69, 9.17) is 9.47 Å². The molecule has 0 aliphatic heterocycles. The number of nitrogens with zero attached hydrogens (tertiary/aromatic N) is 1. The number of unbranched alkanes of at least 4 members (excludes halogenated alkanes) is 2. The largest absolute Gasteiger partial charge is 0.449 e. The molecule has 0 bridgehead atoms. The zero-order valence-electron chi connectivity index (χ0n) is 16.6. The van der Waals surface area contributed by atoms with Crippen molar-refractivity contribution in [2.75, 3.05) is 18.1 Å². The van der Waals surface area contributed by atoms with Gasteiger partial charge < -0.3 is 9.47 Å².